The van der Waals surface area contributed by atoms with Gasteiger partial charge >= 0.3 is 6.18 Å². The fourth-order valence-electron chi connectivity index (χ4n) is 1.74. The molecule has 0 aliphatic heterocycles. The lowest BCUT2D eigenvalue weighted by molar-refractivity contribution is -0.0878. The fraction of sp³-hybridized carbons (Fsp3) is 0.0625. The van der Waals surface area contributed by atoms with Gasteiger partial charge in [-0.2, -0.15) is 13.2 Å². The van der Waals surface area contributed by atoms with Crippen LogP contribution in [0.1, 0.15) is 15.9 Å². The summed E-state index contributed by atoms with van der Waals surface area (Å²) in [5.74, 6) is -1.03. The van der Waals surface area contributed by atoms with Crippen molar-refractivity contribution in [1.29, 1.82) is 0 Å². The first-order chi connectivity index (χ1) is 9.48. The van der Waals surface area contributed by atoms with E-state index < -0.39 is 17.5 Å². The van der Waals surface area contributed by atoms with Crippen molar-refractivity contribution in [2.24, 2.45) is 0 Å². The molecule has 0 spiro atoms. The van der Waals surface area contributed by atoms with E-state index >= 15 is 0 Å². The summed E-state index contributed by atoms with van der Waals surface area (Å²) in [7, 11) is 0. The van der Waals surface area contributed by atoms with E-state index in [0.717, 1.165) is 6.08 Å². The predicted octanol–water partition coefficient (Wildman–Crippen LogP) is 4.52. The normalized spacial score (nSPS) is 12.2. The first kappa shape index (κ1) is 14.1. The minimum atomic E-state index is -4.69. The quantitative estimate of drug-likeness (QED) is 0.595. The Morgan fingerprint density at radius 2 is 1.35 bits per heavy atom. The summed E-state index contributed by atoms with van der Waals surface area (Å²) in [6.07, 6.45) is -3.82. The highest BCUT2D eigenvalue weighted by Crippen LogP contribution is 2.30. The van der Waals surface area contributed by atoms with Gasteiger partial charge in [0.05, 0.1) is 0 Å². The minimum absolute atomic E-state index is 0.0204. The lowest BCUT2D eigenvalue weighted by atomic mass is 10.0. The summed E-state index contributed by atoms with van der Waals surface area (Å²) in [5, 5.41) is 0. The topological polar surface area (TPSA) is 17.1 Å². The van der Waals surface area contributed by atoms with Crippen molar-refractivity contribution in [3.05, 3.63) is 77.4 Å². The van der Waals surface area contributed by atoms with Gasteiger partial charge in [-0.15, -0.1) is 0 Å². The number of carbonyl (C=O) groups is 1. The van der Waals surface area contributed by atoms with Gasteiger partial charge in [-0.05, 0) is 11.6 Å². The molecule has 2 aromatic carbocycles. The third kappa shape index (κ3) is 3.35. The van der Waals surface area contributed by atoms with Gasteiger partial charge in [-0.1, -0.05) is 60.7 Å². The van der Waals surface area contributed by atoms with Crippen LogP contribution < -0.4 is 0 Å². The lowest BCUT2D eigenvalue weighted by Crippen LogP contribution is -2.20. The highest BCUT2D eigenvalue weighted by molar-refractivity contribution is 6.12. The highest BCUT2D eigenvalue weighted by atomic mass is 19.4. The van der Waals surface area contributed by atoms with Gasteiger partial charge in [0.2, 0.25) is 0 Å². The molecule has 0 radical (unpaired) electrons. The van der Waals surface area contributed by atoms with Crippen molar-refractivity contribution in [1.82, 2.24) is 0 Å². The van der Waals surface area contributed by atoms with Gasteiger partial charge < -0.3 is 0 Å². The van der Waals surface area contributed by atoms with Crippen LogP contribution in [0.4, 0.5) is 13.2 Å². The van der Waals surface area contributed by atoms with Gasteiger partial charge in [-0.3, -0.25) is 4.79 Å². The summed E-state index contributed by atoms with van der Waals surface area (Å²) in [4.78, 5) is 12.0. The Bertz CT molecular complexity index is 613. The molecule has 0 saturated heterocycles. The van der Waals surface area contributed by atoms with Crippen molar-refractivity contribution in [2.45, 2.75) is 6.18 Å². The maximum Gasteiger partial charge on any atom is 0.420 e. The number of rotatable bonds is 3. The van der Waals surface area contributed by atoms with Crippen LogP contribution in [0.2, 0.25) is 0 Å². The van der Waals surface area contributed by atoms with Crippen molar-refractivity contribution < 1.29 is 18.0 Å². The van der Waals surface area contributed by atoms with Crippen molar-refractivity contribution >= 4 is 11.9 Å². The Kier molecular flexibility index (Phi) is 4.03. The second-order valence-corrected chi connectivity index (χ2v) is 4.16. The largest absolute Gasteiger partial charge is 0.420 e. The molecule has 0 unspecified atom stereocenters. The fourth-order valence-corrected chi connectivity index (χ4v) is 1.74. The first-order valence-electron chi connectivity index (χ1n) is 5.92. The maximum absolute atomic E-state index is 13.1. The van der Waals surface area contributed by atoms with E-state index in [1.54, 1.807) is 24.3 Å². The zero-order valence-electron chi connectivity index (χ0n) is 10.4. The number of alkyl halides is 3. The van der Waals surface area contributed by atoms with E-state index in [1.807, 2.05) is 0 Å². The molecular formula is C16H11F3O. The monoisotopic (exact) mass is 276 g/mol. The smallest absolute Gasteiger partial charge is 0.289 e. The summed E-state index contributed by atoms with van der Waals surface area (Å²) in [6.45, 7) is 0. The van der Waals surface area contributed by atoms with Gasteiger partial charge in [0.15, 0.2) is 5.78 Å². The van der Waals surface area contributed by atoms with E-state index in [4.69, 9.17) is 0 Å². The van der Waals surface area contributed by atoms with Crippen LogP contribution in [0.3, 0.4) is 0 Å². The Labute approximate surface area is 114 Å². The van der Waals surface area contributed by atoms with Crippen LogP contribution in [-0.2, 0) is 0 Å². The second-order valence-electron chi connectivity index (χ2n) is 4.16. The SMILES string of the molecule is O=C(C(=Cc1ccccc1)C(F)(F)F)c1ccccc1. The molecule has 0 heterocycles. The van der Waals surface area contributed by atoms with E-state index in [0.29, 0.717) is 5.56 Å². The summed E-state index contributed by atoms with van der Waals surface area (Å²) < 4.78 is 39.2. The second kappa shape index (κ2) is 5.74. The molecule has 0 fully saturated rings. The van der Waals surface area contributed by atoms with Crippen LogP contribution in [0.5, 0.6) is 0 Å². The summed E-state index contributed by atoms with van der Waals surface area (Å²) >= 11 is 0. The van der Waals surface area contributed by atoms with E-state index in [2.05, 4.69) is 0 Å². The summed E-state index contributed by atoms with van der Waals surface area (Å²) in [6, 6.07) is 15.4. The van der Waals surface area contributed by atoms with Crippen LogP contribution >= 0.6 is 0 Å². The molecule has 4 heteroatoms. The van der Waals surface area contributed by atoms with Gasteiger partial charge in [-0.25, -0.2) is 0 Å². The Hall–Kier alpha value is -2.36. The Morgan fingerprint density at radius 1 is 0.850 bits per heavy atom. The van der Waals surface area contributed by atoms with Crippen molar-refractivity contribution in [2.75, 3.05) is 0 Å². The first-order valence-corrected chi connectivity index (χ1v) is 5.92. The zero-order chi connectivity index (χ0) is 14.6. The molecule has 0 N–H and O–H groups in total. The molecule has 0 bridgehead atoms. The number of carbonyl (C=O) groups excluding carboxylic acids is 1. The number of allylic oxidation sites excluding steroid dienone is 1. The number of hydrogen-bond donors (Lipinski definition) is 0. The molecular weight excluding hydrogens is 265 g/mol. The van der Waals surface area contributed by atoms with Crippen LogP contribution in [0.25, 0.3) is 6.08 Å². The average molecular weight is 276 g/mol. The predicted molar refractivity (Wildman–Crippen MR) is 71.2 cm³/mol. The number of hydrogen-bond acceptors (Lipinski definition) is 1. The molecule has 0 saturated carbocycles. The molecule has 1 nitrogen and oxygen atoms in total. The standard InChI is InChI=1S/C16H11F3O/c17-16(18,19)14(11-12-7-3-1-4-8-12)15(20)13-9-5-2-6-10-13/h1-11H. The maximum atomic E-state index is 13.1. The molecule has 0 atom stereocenters. The van der Waals surface area contributed by atoms with Gasteiger partial charge in [0.25, 0.3) is 0 Å². The van der Waals surface area contributed by atoms with E-state index in [9.17, 15) is 18.0 Å². The van der Waals surface area contributed by atoms with Crippen molar-refractivity contribution in [3.63, 3.8) is 0 Å². The number of Topliss-reactive ketones (excluding diaryl/α,β-unsaturated/α-hetero) is 1. The van der Waals surface area contributed by atoms with Crippen LogP contribution in [0.15, 0.2) is 66.2 Å². The molecule has 102 valence electrons. The third-order valence-electron chi connectivity index (χ3n) is 2.70. The van der Waals surface area contributed by atoms with Gasteiger partial charge in [0, 0.05) is 5.56 Å². The molecule has 0 amide bonds. The zero-order valence-corrected chi connectivity index (χ0v) is 10.4. The summed E-state index contributed by atoms with van der Waals surface area (Å²) in [5.41, 5.74) is -0.814. The lowest BCUT2D eigenvalue weighted by Gasteiger charge is -2.11. The van der Waals surface area contributed by atoms with E-state index in [-0.39, 0.29) is 5.56 Å². The van der Waals surface area contributed by atoms with Crippen LogP contribution in [-0.4, -0.2) is 12.0 Å². The molecule has 0 aromatic heterocycles. The number of halogens is 3. The highest BCUT2D eigenvalue weighted by Gasteiger charge is 2.38. The van der Waals surface area contributed by atoms with E-state index in [1.165, 1.54) is 36.4 Å². The number of benzene rings is 2. The van der Waals surface area contributed by atoms with Crippen molar-refractivity contribution in [3.8, 4) is 0 Å². The average Bonchev–Trinajstić information content (AvgIpc) is 2.45. The Morgan fingerprint density at radius 3 is 1.85 bits per heavy atom. The molecule has 2 aromatic rings. The molecule has 20 heavy (non-hydrogen) atoms. The number of ketones is 1. The molecule has 0 aliphatic carbocycles. The third-order valence-corrected chi connectivity index (χ3v) is 2.70. The minimum Gasteiger partial charge on any atom is -0.289 e. The van der Waals surface area contributed by atoms with Crippen LogP contribution in [0, 0.1) is 0 Å². The molecule has 2 rings (SSSR count). The Balaban J connectivity index is 2.45. The molecule has 0 aliphatic rings. The van der Waals surface area contributed by atoms with Gasteiger partial charge in [0.1, 0.15) is 5.57 Å².